The average Bonchev–Trinajstić information content (AvgIpc) is 1.66. The molecule has 0 saturated carbocycles. The summed E-state index contributed by atoms with van der Waals surface area (Å²) in [6, 6.07) is 0. The van der Waals surface area contributed by atoms with Crippen LogP contribution in [0, 0.1) is 11.7 Å². The first-order valence-electron chi connectivity index (χ1n) is 37.7. The van der Waals surface area contributed by atoms with Crippen LogP contribution in [0.5, 0.6) is 0 Å². The summed E-state index contributed by atoms with van der Waals surface area (Å²) in [5.41, 5.74) is 18.7. The van der Waals surface area contributed by atoms with Gasteiger partial charge in [-0.05, 0) is 171 Å². The monoisotopic (exact) mass is 1800 g/mol. The fourth-order valence-corrected chi connectivity index (χ4v) is 18.6. The average molecular weight is 1810 g/mol. The Balaban J connectivity index is 0.000000226. The zero-order valence-electron chi connectivity index (χ0n) is 70.3. The van der Waals surface area contributed by atoms with E-state index in [2.05, 4.69) is 171 Å². The number of nitrogens with one attached hydrogen (secondary N) is 1. The number of carbonyl (C=O) groups excluding carboxylic acids is 1. The van der Waals surface area contributed by atoms with Crippen LogP contribution < -0.4 is 22.5 Å². The number of aliphatic imine (C=N–C) groups is 4. The van der Waals surface area contributed by atoms with Gasteiger partial charge in [0.1, 0.15) is 102 Å². The highest BCUT2D eigenvalue weighted by Gasteiger charge is 2.51. The van der Waals surface area contributed by atoms with Crippen LogP contribution in [0.2, 0.25) is 0 Å². The molecule has 116 heavy (non-hydrogen) atoms. The number of hydrogen-bond acceptors (Lipinski definition) is 31. The zero-order chi connectivity index (χ0) is 87.5. The van der Waals surface area contributed by atoms with Gasteiger partial charge < -0.3 is 130 Å². The van der Waals surface area contributed by atoms with Crippen molar-refractivity contribution in [3.8, 4) is 0 Å². The summed E-state index contributed by atoms with van der Waals surface area (Å²) in [6.07, 6.45) is 25.6. The van der Waals surface area contributed by atoms with Crippen LogP contribution in [0.25, 0.3) is 0 Å². The van der Waals surface area contributed by atoms with Gasteiger partial charge in [-0.15, -0.1) is 65.9 Å². The number of amides is 1. The number of amidine groups is 4. The van der Waals surface area contributed by atoms with E-state index < -0.39 is 139 Å². The van der Waals surface area contributed by atoms with E-state index in [-0.39, 0.29) is 35.9 Å². The quantitative estimate of drug-likeness (QED) is 0.0495. The number of nitrogens with zero attached hydrogens (tertiary/aromatic N) is 10. The fraction of sp³-hybridized carbons (Fsp3) is 0.610. The molecule has 32 nitrogen and oxygen atoms in total. The van der Waals surface area contributed by atoms with E-state index in [9.17, 15) is 45.6 Å². The fourth-order valence-electron chi connectivity index (χ4n) is 13.3. The first kappa shape index (κ1) is 99.8. The molecule has 1 aromatic rings. The number of aliphatic hydroxyl groups excluding tert-OH is 8. The Bertz CT molecular complexity index is 4280. The Morgan fingerprint density at radius 3 is 1.20 bits per heavy atom. The molecular formula is C77H130BrN14O18P5S. The van der Waals surface area contributed by atoms with Gasteiger partial charge in [0.05, 0.1) is 61.6 Å². The molecule has 39 heteroatoms. The van der Waals surface area contributed by atoms with E-state index in [0.29, 0.717) is 75.0 Å². The number of hydrogen-bond donors (Lipinski definition) is 12. The summed E-state index contributed by atoms with van der Waals surface area (Å²) >= 11 is 8.42. The van der Waals surface area contributed by atoms with Gasteiger partial charge in [-0.3, -0.25) is 4.79 Å². The van der Waals surface area contributed by atoms with Crippen molar-refractivity contribution in [3.05, 3.63) is 119 Å². The smallest absolute Gasteiger partial charge is 0.222 e. The van der Waals surface area contributed by atoms with Crippen LogP contribution in [-0.2, 0) is 54.5 Å². The van der Waals surface area contributed by atoms with Crippen LogP contribution in [0.3, 0.4) is 0 Å². The Hall–Kier alpha value is -5.05. The summed E-state index contributed by atoms with van der Waals surface area (Å²) in [5.74, 6) is 3.29. The number of nitrogens with two attached hydrogens (primary N) is 3. The first-order chi connectivity index (χ1) is 53.6. The molecule has 0 bridgehead atoms. The summed E-state index contributed by atoms with van der Waals surface area (Å²) in [5, 5.41) is 85.5. The van der Waals surface area contributed by atoms with Gasteiger partial charge in [-0.25, -0.2) is 25.0 Å². The molecule has 5 fully saturated rings. The minimum atomic E-state index is -1.23. The zero-order valence-corrected chi connectivity index (χ0v) is 77.2. The van der Waals surface area contributed by atoms with Crippen molar-refractivity contribution in [1.29, 1.82) is 0 Å². The lowest BCUT2D eigenvalue weighted by Gasteiger charge is -2.32. The molecule has 0 radical (unpaired) electrons. The number of aromatic nitrogens is 2. The van der Waals surface area contributed by atoms with Crippen molar-refractivity contribution in [2.75, 3.05) is 126 Å². The number of carbonyl (C=O) groups is 1. The van der Waals surface area contributed by atoms with Gasteiger partial charge >= 0.3 is 0 Å². The van der Waals surface area contributed by atoms with Gasteiger partial charge in [0, 0.05) is 58.0 Å². The topological polar surface area (TPSA) is 432 Å². The molecule has 9 aliphatic rings. The molecule has 9 aliphatic heterocycles. The summed E-state index contributed by atoms with van der Waals surface area (Å²) in [7, 11) is 7.90. The second-order valence-electron chi connectivity index (χ2n) is 33.2. The molecule has 654 valence electrons. The number of halogens is 1. The van der Waals surface area contributed by atoms with Crippen molar-refractivity contribution in [1.82, 2.24) is 34.5 Å². The molecule has 5 unspecified atom stereocenters. The number of methoxy groups -OCH3 is 4. The molecule has 0 spiro atoms. The molecule has 1 amide bonds. The van der Waals surface area contributed by atoms with Gasteiger partial charge in [0.25, 0.3) is 0 Å². The lowest BCUT2D eigenvalue weighted by molar-refractivity contribution is -0.117. The summed E-state index contributed by atoms with van der Waals surface area (Å²) in [6.45, 7) is 34.1. The van der Waals surface area contributed by atoms with Crippen LogP contribution in [0.15, 0.2) is 123 Å². The Morgan fingerprint density at radius 2 is 0.836 bits per heavy atom. The minimum absolute atomic E-state index is 0.203. The third-order valence-corrected chi connectivity index (χ3v) is 28.2. The standard InChI is InChI=1S/C17H28N3O4P.C16H28N3O4P.C15H26N3O4P.C15H25N2O3PS.C14H23BrN3O3P/c1-11-18-14(19-12(2)21)7-9-20(11)17-16(23-3)15(22)13(24-17)8-10-25(4,5)6;1-10-18-15(17)12(21-2)9-19(10)16-14(22-3)13(20)11(23-16)7-8-24(4,5)6;1-9-17-14(16)11(21-2)8-18(9)15-13(20)12(19)10(22-15)6-7-23(3,4)5;1-9-10(8-17(2)15(22)16-9)14-13(19)12(18)11(20-14)6-7-21(3,4)5;1-8-17-13(16)9(15)7-18(8)14-12(20)11(19)10(21-14)5-6-22(2,3)4/h7,9,13,15-17,22H,1,4,8,10H2,2-3,5-6H3,(H,18,19,21);9,11,13-14,16,20H,1,4,7-8H2,2-3,5-6H3,(H2,17,18);8,10,12-13,15,19-20H,1,3,6-7H2,2,4-5H3,(H2,16,17);8,11-14,18-19H,3,6-7H2,1-2,4-5H3;7,10-12,14,19-20H,1-2,5-6H2,3-4H3,(H2,16,17)/t13-,15-,16-,17?;11-,13-,14-,16?;10-,12-,13-,15?;11-,12-,13-,14?;10-,11-,12-,14?/m11111/s1. The molecule has 5 saturated heterocycles. The van der Waals surface area contributed by atoms with E-state index in [1.54, 1.807) is 64.4 Å². The SMILES string of the molecule is C=C1N=C(N)C(Br)=CN1C1O[C@H](CCP(=C)(C)C)[C@@H](O)[C@H]1O.C=C1N=C(N)C(OC)=CN1C1O[C@H](CCP(=C)(C)C)[C@@H](O)[C@H]1O.C=C1N=C(N)C(OC)=CN1C1O[C@H](CCP(=C)(C)C)[C@@H](O)[C@H]1OC.C=C1N=C(NC(C)=O)C=CN1C1O[C@H](CCP(=C)(C)C)[C@@H](O)[C@H]1OC.C=P(C)(C)CC[C@H]1OC(c2cn(C)c(=S)nc2C)[C@H](O)[C@@H]1O. The first-order valence-corrected chi connectivity index (χ1v) is 54.1. The normalized spacial score (nSPS) is 30.9. The summed E-state index contributed by atoms with van der Waals surface area (Å²) < 4.78 is 53.9. The Labute approximate surface area is 699 Å². The van der Waals surface area contributed by atoms with Crippen molar-refractivity contribution in [2.45, 2.75) is 169 Å². The van der Waals surface area contributed by atoms with E-state index in [0.717, 1.165) is 54.9 Å². The van der Waals surface area contributed by atoms with Gasteiger partial charge in [0.15, 0.2) is 52.9 Å². The maximum Gasteiger partial charge on any atom is 0.222 e. The molecular weight excluding hydrogens is 1680 g/mol. The third kappa shape index (κ3) is 27.7. The van der Waals surface area contributed by atoms with Crippen molar-refractivity contribution < 1.29 is 88.3 Å². The highest BCUT2D eigenvalue weighted by atomic mass is 79.9. The largest absolute Gasteiger partial charge is 0.491 e. The van der Waals surface area contributed by atoms with E-state index >= 15 is 0 Å². The van der Waals surface area contributed by atoms with Gasteiger partial charge in [-0.2, -0.15) is 0 Å². The van der Waals surface area contributed by atoms with Crippen LogP contribution in [0.1, 0.15) is 56.4 Å². The van der Waals surface area contributed by atoms with Crippen molar-refractivity contribution >= 4 is 123 Å². The highest BCUT2D eigenvalue weighted by molar-refractivity contribution is 9.12. The van der Waals surface area contributed by atoms with E-state index in [1.165, 1.54) is 26.0 Å². The second kappa shape index (κ2) is 42.2. The number of rotatable bonds is 24. The number of aryl methyl sites for hydroxylation is 2. The van der Waals surface area contributed by atoms with Crippen molar-refractivity contribution in [2.24, 2.45) is 44.2 Å². The van der Waals surface area contributed by atoms with E-state index in [1.807, 2.05) is 20.2 Å². The lowest BCUT2D eigenvalue weighted by Crippen LogP contribution is -2.43. The predicted octanol–water partition coefficient (Wildman–Crippen LogP) is 4.64. The van der Waals surface area contributed by atoms with Crippen LogP contribution in [0.4, 0.5) is 0 Å². The molecule has 10 rings (SSSR count). The van der Waals surface area contributed by atoms with Crippen molar-refractivity contribution in [3.63, 3.8) is 0 Å². The maximum atomic E-state index is 11.1. The second-order valence-corrected chi connectivity index (χ2v) is 56.1. The Morgan fingerprint density at radius 1 is 0.509 bits per heavy atom. The van der Waals surface area contributed by atoms with Crippen LogP contribution in [-0.4, -0.2) is 373 Å². The number of aliphatic hydroxyl groups is 8. The molecule has 10 heterocycles. The Kier molecular flexibility index (Phi) is 36.3. The third-order valence-electron chi connectivity index (χ3n) is 19.9. The predicted molar refractivity (Wildman–Crippen MR) is 484 cm³/mol. The molecule has 15 N–H and O–H groups in total. The maximum absolute atomic E-state index is 11.1. The molecule has 0 aromatic carbocycles. The van der Waals surface area contributed by atoms with E-state index in [4.69, 9.17) is 72.1 Å². The van der Waals surface area contributed by atoms with Gasteiger partial charge in [0.2, 0.25) is 5.91 Å². The molecule has 0 aliphatic carbocycles. The highest BCUT2D eigenvalue weighted by Crippen LogP contribution is 2.45. The summed E-state index contributed by atoms with van der Waals surface area (Å²) in [4.78, 5) is 38.6. The minimum Gasteiger partial charge on any atom is -0.491 e. The molecule has 20 atom stereocenters. The lowest BCUT2D eigenvalue weighted by atomic mass is 10.0. The molecule has 1 aromatic heterocycles. The van der Waals surface area contributed by atoms with Crippen LogP contribution >= 0.6 is 62.6 Å². The van der Waals surface area contributed by atoms with Gasteiger partial charge in [-0.1, -0.05) is 26.3 Å². The number of ether oxygens (including phenoxy) is 9.